The van der Waals surface area contributed by atoms with Crippen LogP contribution in [0.25, 0.3) is 0 Å². The summed E-state index contributed by atoms with van der Waals surface area (Å²) in [5.41, 5.74) is 6.80. The van der Waals surface area contributed by atoms with Crippen molar-refractivity contribution in [2.45, 2.75) is 13.5 Å². The number of nitrogen functional groups attached to an aromatic ring is 1. The Morgan fingerprint density at radius 3 is 2.84 bits per heavy atom. The van der Waals surface area contributed by atoms with Crippen LogP contribution in [-0.4, -0.2) is 10.9 Å². The summed E-state index contributed by atoms with van der Waals surface area (Å²) in [6.45, 7) is 1.96. The highest BCUT2D eigenvalue weighted by atomic mass is 32.1. The van der Waals surface area contributed by atoms with Crippen molar-refractivity contribution in [1.29, 1.82) is 0 Å². The zero-order chi connectivity index (χ0) is 14.0. The predicted octanol–water partition coefficient (Wildman–Crippen LogP) is 2.24. The molecule has 0 fully saturated rings. The molecule has 100 valence electrons. The lowest BCUT2D eigenvalue weighted by Crippen LogP contribution is -2.25. The smallest absolute Gasteiger partial charge is 0.257 e. The van der Waals surface area contributed by atoms with Gasteiger partial charge < -0.3 is 11.1 Å². The predicted molar refractivity (Wildman–Crippen MR) is 68.8 cm³/mol. The van der Waals surface area contributed by atoms with Gasteiger partial charge in [0.2, 0.25) is 0 Å². The van der Waals surface area contributed by atoms with Gasteiger partial charge in [-0.15, -0.1) is 11.3 Å². The van der Waals surface area contributed by atoms with Crippen molar-refractivity contribution in [2.75, 3.05) is 5.73 Å². The number of carbonyl (C=O) groups is 1. The zero-order valence-electron chi connectivity index (χ0n) is 10.0. The number of amides is 1. The highest BCUT2D eigenvalue weighted by Crippen LogP contribution is 2.19. The van der Waals surface area contributed by atoms with Crippen LogP contribution in [-0.2, 0) is 6.54 Å². The molecule has 0 aliphatic rings. The molecule has 7 heteroatoms. The molecule has 1 aromatic heterocycles. The van der Waals surface area contributed by atoms with Gasteiger partial charge in [-0.25, -0.2) is 13.8 Å². The molecule has 2 rings (SSSR count). The molecule has 0 saturated heterocycles. The van der Waals surface area contributed by atoms with Gasteiger partial charge in [-0.1, -0.05) is 0 Å². The van der Waals surface area contributed by atoms with Gasteiger partial charge in [-0.05, 0) is 19.1 Å². The fourth-order valence-corrected chi connectivity index (χ4v) is 2.24. The van der Waals surface area contributed by atoms with E-state index in [1.807, 2.05) is 0 Å². The number of halogens is 2. The second kappa shape index (κ2) is 5.31. The SMILES string of the molecule is Cc1ncsc1CNC(=O)c1c(F)ccc(N)c1F. The van der Waals surface area contributed by atoms with E-state index in [1.54, 1.807) is 12.4 Å². The third-order valence-corrected chi connectivity index (χ3v) is 3.54. The van der Waals surface area contributed by atoms with E-state index in [-0.39, 0.29) is 12.2 Å². The highest BCUT2D eigenvalue weighted by molar-refractivity contribution is 7.09. The summed E-state index contributed by atoms with van der Waals surface area (Å²) in [4.78, 5) is 16.6. The molecule has 1 amide bonds. The van der Waals surface area contributed by atoms with Gasteiger partial charge >= 0.3 is 0 Å². The van der Waals surface area contributed by atoms with E-state index in [0.29, 0.717) is 0 Å². The van der Waals surface area contributed by atoms with E-state index >= 15 is 0 Å². The number of rotatable bonds is 3. The van der Waals surface area contributed by atoms with Gasteiger partial charge in [0.1, 0.15) is 11.4 Å². The number of benzene rings is 1. The lowest BCUT2D eigenvalue weighted by atomic mass is 10.1. The number of nitrogens with two attached hydrogens (primary N) is 1. The van der Waals surface area contributed by atoms with Crippen LogP contribution >= 0.6 is 11.3 Å². The quantitative estimate of drug-likeness (QED) is 0.849. The molecule has 2 aromatic rings. The van der Waals surface area contributed by atoms with Crippen molar-refractivity contribution in [1.82, 2.24) is 10.3 Å². The molecular weight excluding hydrogens is 272 g/mol. The monoisotopic (exact) mass is 283 g/mol. The maximum Gasteiger partial charge on any atom is 0.257 e. The van der Waals surface area contributed by atoms with E-state index < -0.39 is 23.1 Å². The number of hydrogen-bond donors (Lipinski definition) is 2. The van der Waals surface area contributed by atoms with Crippen LogP contribution in [0.5, 0.6) is 0 Å². The van der Waals surface area contributed by atoms with Crippen molar-refractivity contribution in [3.8, 4) is 0 Å². The first kappa shape index (κ1) is 13.4. The first-order chi connectivity index (χ1) is 9.00. The third kappa shape index (κ3) is 2.70. The number of carbonyl (C=O) groups excluding carboxylic acids is 1. The van der Waals surface area contributed by atoms with Gasteiger partial charge in [0.05, 0.1) is 23.4 Å². The number of nitrogens with zero attached hydrogens (tertiary/aromatic N) is 1. The summed E-state index contributed by atoms with van der Waals surface area (Å²) in [7, 11) is 0. The second-order valence-electron chi connectivity index (χ2n) is 3.87. The molecule has 1 heterocycles. The zero-order valence-corrected chi connectivity index (χ0v) is 10.9. The summed E-state index contributed by atoms with van der Waals surface area (Å²) in [5, 5.41) is 2.45. The lowest BCUT2D eigenvalue weighted by molar-refractivity contribution is 0.0943. The Bertz CT molecular complexity index is 627. The Hall–Kier alpha value is -2.02. The summed E-state index contributed by atoms with van der Waals surface area (Å²) in [5.74, 6) is -2.82. The van der Waals surface area contributed by atoms with Crippen LogP contribution in [0.4, 0.5) is 14.5 Å². The van der Waals surface area contributed by atoms with Gasteiger partial charge in [0.25, 0.3) is 5.91 Å². The van der Waals surface area contributed by atoms with Crippen LogP contribution in [0.3, 0.4) is 0 Å². The maximum absolute atomic E-state index is 13.6. The molecule has 1 aromatic carbocycles. The van der Waals surface area contributed by atoms with Crippen LogP contribution in [0.15, 0.2) is 17.6 Å². The fourth-order valence-electron chi connectivity index (χ4n) is 1.52. The number of nitrogens with one attached hydrogen (secondary N) is 1. The Labute approximate surface area is 112 Å². The summed E-state index contributed by atoms with van der Waals surface area (Å²) in [6.07, 6.45) is 0. The molecule has 3 N–H and O–H groups in total. The minimum atomic E-state index is -1.04. The van der Waals surface area contributed by atoms with E-state index in [9.17, 15) is 13.6 Å². The van der Waals surface area contributed by atoms with Gasteiger partial charge in [0.15, 0.2) is 5.82 Å². The van der Waals surface area contributed by atoms with E-state index in [0.717, 1.165) is 22.7 Å². The van der Waals surface area contributed by atoms with Crippen molar-refractivity contribution < 1.29 is 13.6 Å². The fraction of sp³-hybridized carbons (Fsp3) is 0.167. The Morgan fingerprint density at radius 1 is 1.47 bits per heavy atom. The number of aromatic nitrogens is 1. The van der Waals surface area contributed by atoms with E-state index in [2.05, 4.69) is 10.3 Å². The average molecular weight is 283 g/mol. The van der Waals surface area contributed by atoms with Crippen molar-refractivity contribution in [3.63, 3.8) is 0 Å². The number of thiazole rings is 1. The van der Waals surface area contributed by atoms with E-state index in [4.69, 9.17) is 5.73 Å². The second-order valence-corrected chi connectivity index (χ2v) is 4.81. The van der Waals surface area contributed by atoms with Crippen molar-refractivity contribution in [2.24, 2.45) is 0 Å². The first-order valence-electron chi connectivity index (χ1n) is 5.41. The molecule has 19 heavy (non-hydrogen) atoms. The standard InChI is InChI=1S/C12H11F2N3OS/c1-6-9(19-5-17-6)4-16-12(18)10-7(13)2-3-8(15)11(10)14/h2-3,5H,4,15H2,1H3,(H,16,18). The molecule has 0 spiro atoms. The molecule has 0 atom stereocenters. The molecule has 0 aliphatic carbocycles. The largest absolute Gasteiger partial charge is 0.396 e. The minimum Gasteiger partial charge on any atom is -0.396 e. The van der Waals surface area contributed by atoms with Crippen LogP contribution < -0.4 is 11.1 Å². The van der Waals surface area contributed by atoms with Crippen LogP contribution in [0.2, 0.25) is 0 Å². The summed E-state index contributed by atoms with van der Waals surface area (Å²) in [6, 6.07) is 2.04. The Kier molecular flexibility index (Phi) is 3.75. The van der Waals surface area contributed by atoms with Gasteiger partial charge in [-0.2, -0.15) is 0 Å². The average Bonchev–Trinajstić information content (AvgIpc) is 2.77. The van der Waals surface area contributed by atoms with Crippen molar-refractivity contribution in [3.05, 3.63) is 45.4 Å². The van der Waals surface area contributed by atoms with Crippen molar-refractivity contribution >= 4 is 22.9 Å². The Morgan fingerprint density at radius 2 is 2.21 bits per heavy atom. The van der Waals surface area contributed by atoms with Crippen LogP contribution in [0.1, 0.15) is 20.9 Å². The topological polar surface area (TPSA) is 68.0 Å². The Balaban J connectivity index is 2.17. The first-order valence-corrected chi connectivity index (χ1v) is 6.29. The van der Waals surface area contributed by atoms with Gasteiger partial charge in [0, 0.05) is 4.88 Å². The van der Waals surface area contributed by atoms with Gasteiger partial charge in [-0.3, -0.25) is 4.79 Å². The maximum atomic E-state index is 13.6. The van der Waals surface area contributed by atoms with E-state index in [1.165, 1.54) is 11.3 Å². The third-order valence-electron chi connectivity index (χ3n) is 2.60. The lowest BCUT2D eigenvalue weighted by Gasteiger charge is -2.08. The summed E-state index contributed by atoms with van der Waals surface area (Å²) < 4.78 is 27.1. The summed E-state index contributed by atoms with van der Waals surface area (Å²) >= 11 is 1.36. The minimum absolute atomic E-state index is 0.170. The molecule has 0 saturated carbocycles. The number of aryl methyl sites for hydroxylation is 1. The number of anilines is 1. The molecular formula is C12H11F2N3OS. The normalized spacial score (nSPS) is 10.5. The molecule has 0 radical (unpaired) electrons. The molecule has 4 nitrogen and oxygen atoms in total. The van der Waals surface area contributed by atoms with Crippen LogP contribution in [0, 0.1) is 18.6 Å². The highest BCUT2D eigenvalue weighted by Gasteiger charge is 2.19. The molecule has 0 unspecified atom stereocenters. The molecule has 0 bridgehead atoms. The number of hydrogen-bond acceptors (Lipinski definition) is 4. The molecule has 0 aliphatic heterocycles.